The first-order valence-electron chi connectivity index (χ1n) is 10.9. The van der Waals surface area contributed by atoms with E-state index in [-0.39, 0.29) is 11.9 Å². The van der Waals surface area contributed by atoms with E-state index >= 15 is 0 Å². The number of carbonyl (C=O) groups is 1. The number of nitrogens with one attached hydrogen (secondary N) is 1. The highest BCUT2D eigenvalue weighted by Gasteiger charge is 2.27. The number of carbonyl (C=O) groups excluding carboxylic acids is 1. The molecule has 3 heterocycles. The second kappa shape index (κ2) is 8.56. The van der Waals surface area contributed by atoms with Gasteiger partial charge in [-0.15, -0.1) is 0 Å². The molecule has 30 heavy (non-hydrogen) atoms. The molecule has 6 nitrogen and oxygen atoms in total. The molecule has 3 aromatic rings. The van der Waals surface area contributed by atoms with Crippen LogP contribution in [0.25, 0.3) is 22.3 Å². The van der Waals surface area contributed by atoms with E-state index in [4.69, 9.17) is 4.98 Å². The third-order valence-corrected chi connectivity index (χ3v) is 5.63. The molecule has 1 aliphatic heterocycles. The summed E-state index contributed by atoms with van der Waals surface area (Å²) < 4.78 is 1.90. The SMILES string of the molecule is CC(C)NC1CCCN(C(=O)c2cc(-c3ccccc3)nc3c2cnn3C(C)C)C1. The van der Waals surface area contributed by atoms with Crippen molar-refractivity contribution in [3.63, 3.8) is 0 Å². The van der Waals surface area contributed by atoms with Crippen LogP contribution in [-0.4, -0.2) is 50.7 Å². The van der Waals surface area contributed by atoms with Gasteiger partial charge in [0.1, 0.15) is 0 Å². The Morgan fingerprint density at radius 2 is 1.93 bits per heavy atom. The first-order chi connectivity index (χ1) is 14.4. The molecule has 0 bridgehead atoms. The Morgan fingerprint density at radius 3 is 2.63 bits per heavy atom. The molecule has 1 aromatic carbocycles. The van der Waals surface area contributed by atoms with Gasteiger partial charge in [-0.1, -0.05) is 44.2 Å². The normalized spacial score (nSPS) is 17.3. The van der Waals surface area contributed by atoms with Gasteiger partial charge in [0, 0.05) is 36.8 Å². The number of aromatic nitrogens is 3. The van der Waals surface area contributed by atoms with Gasteiger partial charge >= 0.3 is 0 Å². The molecule has 1 saturated heterocycles. The van der Waals surface area contributed by atoms with Gasteiger partial charge in [0.25, 0.3) is 5.91 Å². The van der Waals surface area contributed by atoms with E-state index in [2.05, 4.69) is 38.1 Å². The minimum atomic E-state index is 0.0677. The lowest BCUT2D eigenvalue weighted by atomic mass is 10.0. The summed E-state index contributed by atoms with van der Waals surface area (Å²) in [7, 11) is 0. The van der Waals surface area contributed by atoms with E-state index in [0.29, 0.717) is 17.6 Å². The number of hydrogen-bond acceptors (Lipinski definition) is 4. The lowest BCUT2D eigenvalue weighted by molar-refractivity contribution is 0.0693. The van der Waals surface area contributed by atoms with Crippen LogP contribution in [-0.2, 0) is 0 Å². The Bertz CT molecular complexity index is 1020. The molecule has 1 atom stereocenters. The monoisotopic (exact) mass is 405 g/mol. The second-order valence-electron chi connectivity index (χ2n) is 8.75. The van der Waals surface area contributed by atoms with Crippen molar-refractivity contribution in [3.8, 4) is 11.3 Å². The van der Waals surface area contributed by atoms with Crippen LogP contribution in [0.1, 0.15) is 56.9 Å². The molecule has 0 saturated carbocycles. The zero-order chi connectivity index (χ0) is 21.3. The van der Waals surface area contributed by atoms with Gasteiger partial charge in [0.15, 0.2) is 5.65 Å². The summed E-state index contributed by atoms with van der Waals surface area (Å²) in [6.45, 7) is 9.99. The van der Waals surface area contributed by atoms with Crippen molar-refractivity contribution in [2.24, 2.45) is 0 Å². The Kier molecular flexibility index (Phi) is 5.86. The Morgan fingerprint density at radius 1 is 1.17 bits per heavy atom. The Labute approximate surface area is 178 Å². The third kappa shape index (κ3) is 4.10. The smallest absolute Gasteiger partial charge is 0.254 e. The molecule has 1 unspecified atom stereocenters. The fourth-order valence-electron chi connectivity index (χ4n) is 4.27. The number of likely N-dealkylation sites (tertiary alicyclic amines) is 1. The molecule has 6 heteroatoms. The molecule has 1 amide bonds. The number of pyridine rings is 1. The van der Waals surface area contributed by atoms with Gasteiger partial charge in [-0.2, -0.15) is 5.10 Å². The quantitative estimate of drug-likeness (QED) is 0.688. The molecule has 1 N–H and O–H groups in total. The van der Waals surface area contributed by atoms with Crippen LogP contribution in [0, 0.1) is 0 Å². The summed E-state index contributed by atoms with van der Waals surface area (Å²) in [5.41, 5.74) is 3.27. The maximum absolute atomic E-state index is 13.6. The van der Waals surface area contributed by atoms with Crippen molar-refractivity contribution in [2.45, 2.75) is 58.7 Å². The molecule has 1 aliphatic rings. The molecule has 0 aliphatic carbocycles. The molecule has 158 valence electrons. The van der Waals surface area contributed by atoms with Crippen LogP contribution in [0.5, 0.6) is 0 Å². The highest BCUT2D eigenvalue weighted by Crippen LogP contribution is 2.28. The Balaban J connectivity index is 1.76. The topological polar surface area (TPSA) is 63.1 Å². The number of nitrogens with zero attached hydrogens (tertiary/aromatic N) is 4. The predicted molar refractivity (Wildman–Crippen MR) is 121 cm³/mol. The lowest BCUT2D eigenvalue weighted by Gasteiger charge is -2.34. The van der Waals surface area contributed by atoms with Crippen LogP contribution in [0.3, 0.4) is 0 Å². The van der Waals surface area contributed by atoms with E-state index in [0.717, 1.165) is 48.2 Å². The summed E-state index contributed by atoms with van der Waals surface area (Å²) in [6, 6.07) is 12.9. The maximum Gasteiger partial charge on any atom is 0.254 e. The number of piperidine rings is 1. The Hall–Kier alpha value is -2.73. The molecule has 0 radical (unpaired) electrons. The van der Waals surface area contributed by atoms with Crippen molar-refractivity contribution in [3.05, 3.63) is 48.2 Å². The zero-order valence-electron chi connectivity index (χ0n) is 18.3. The van der Waals surface area contributed by atoms with Crippen molar-refractivity contribution < 1.29 is 4.79 Å². The number of benzene rings is 1. The average molecular weight is 406 g/mol. The molecule has 0 spiro atoms. The standard InChI is InChI=1S/C24H31N5O/c1-16(2)26-19-11-8-12-28(15-19)24(30)20-13-22(18-9-6-5-7-10-18)27-23-21(20)14-25-29(23)17(3)4/h5-7,9-10,13-14,16-17,19,26H,8,11-12,15H2,1-4H3. The largest absolute Gasteiger partial charge is 0.337 e. The van der Waals surface area contributed by atoms with Crippen LogP contribution < -0.4 is 5.32 Å². The van der Waals surface area contributed by atoms with E-state index < -0.39 is 0 Å². The van der Waals surface area contributed by atoms with Gasteiger partial charge in [-0.3, -0.25) is 4.79 Å². The van der Waals surface area contributed by atoms with Gasteiger partial charge in [-0.05, 0) is 32.8 Å². The summed E-state index contributed by atoms with van der Waals surface area (Å²) in [5, 5.41) is 8.96. The van der Waals surface area contributed by atoms with Crippen molar-refractivity contribution in [1.82, 2.24) is 25.0 Å². The maximum atomic E-state index is 13.6. The van der Waals surface area contributed by atoms with Crippen LogP contribution in [0.15, 0.2) is 42.6 Å². The van der Waals surface area contributed by atoms with Gasteiger partial charge < -0.3 is 10.2 Å². The van der Waals surface area contributed by atoms with E-state index in [1.807, 2.05) is 46.0 Å². The van der Waals surface area contributed by atoms with E-state index in [1.54, 1.807) is 6.20 Å². The summed E-state index contributed by atoms with van der Waals surface area (Å²) in [4.78, 5) is 20.5. The predicted octanol–water partition coefficient (Wildman–Crippen LogP) is 4.28. The van der Waals surface area contributed by atoms with Crippen molar-refractivity contribution >= 4 is 16.9 Å². The van der Waals surface area contributed by atoms with Crippen LogP contribution >= 0.6 is 0 Å². The zero-order valence-corrected chi connectivity index (χ0v) is 18.3. The van der Waals surface area contributed by atoms with E-state index in [9.17, 15) is 4.79 Å². The van der Waals surface area contributed by atoms with Gasteiger partial charge in [0.05, 0.1) is 22.8 Å². The van der Waals surface area contributed by atoms with E-state index in [1.165, 1.54) is 0 Å². The molecule has 1 fully saturated rings. The summed E-state index contributed by atoms with van der Waals surface area (Å²) in [6.07, 6.45) is 3.91. The molecular formula is C24H31N5O. The fraction of sp³-hybridized carbons (Fsp3) is 0.458. The number of fused-ring (bicyclic) bond motifs is 1. The first kappa shape index (κ1) is 20.5. The minimum absolute atomic E-state index is 0.0677. The number of amides is 1. The molecule has 4 rings (SSSR count). The first-order valence-corrected chi connectivity index (χ1v) is 10.9. The van der Waals surface area contributed by atoms with Crippen LogP contribution in [0.4, 0.5) is 0 Å². The minimum Gasteiger partial charge on any atom is -0.337 e. The summed E-state index contributed by atoms with van der Waals surface area (Å²) >= 11 is 0. The fourth-order valence-corrected chi connectivity index (χ4v) is 4.27. The molecular weight excluding hydrogens is 374 g/mol. The molecule has 2 aromatic heterocycles. The third-order valence-electron chi connectivity index (χ3n) is 5.63. The summed E-state index contributed by atoms with van der Waals surface area (Å²) in [5.74, 6) is 0.0677. The van der Waals surface area contributed by atoms with Crippen molar-refractivity contribution in [1.29, 1.82) is 0 Å². The average Bonchev–Trinajstić information content (AvgIpc) is 3.17. The van der Waals surface area contributed by atoms with Crippen molar-refractivity contribution in [2.75, 3.05) is 13.1 Å². The number of rotatable bonds is 5. The van der Waals surface area contributed by atoms with Crippen LogP contribution in [0.2, 0.25) is 0 Å². The van der Waals surface area contributed by atoms with Gasteiger partial charge in [0.2, 0.25) is 0 Å². The highest BCUT2D eigenvalue weighted by molar-refractivity contribution is 6.06. The highest BCUT2D eigenvalue weighted by atomic mass is 16.2. The lowest BCUT2D eigenvalue weighted by Crippen LogP contribution is -2.49. The second-order valence-corrected chi connectivity index (χ2v) is 8.75. The number of hydrogen-bond donors (Lipinski definition) is 1. The van der Waals surface area contributed by atoms with Gasteiger partial charge in [-0.25, -0.2) is 9.67 Å².